The number of hydrogen-bond donors (Lipinski definition) is 1. The van der Waals surface area contributed by atoms with Crippen molar-refractivity contribution in [3.63, 3.8) is 0 Å². The van der Waals surface area contributed by atoms with Gasteiger partial charge in [0.15, 0.2) is 0 Å². The van der Waals surface area contributed by atoms with Crippen LogP contribution in [-0.4, -0.2) is 35.0 Å². The van der Waals surface area contributed by atoms with E-state index in [4.69, 9.17) is 9.97 Å². The molecule has 1 aliphatic rings. The smallest absolute Gasteiger partial charge is 0.251 e. The first-order chi connectivity index (χ1) is 14.1. The zero-order valence-electron chi connectivity index (χ0n) is 16.7. The Morgan fingerprint density at radius 2 is 1.83 bits per heavy atom. The van der Waals surface area contributed by atoms with Gasteiger partial charge in [0.25, 0.3) is 5.91 Å². The molecule has 0 spiro atoms. The highest BCUT2D eigenvalue weighted by molar-refractivity contribution is 5.94. The summed E-state index contributed by atoms with van der Waals surface area (Å²) in [6, 6.07) is 15.3. The molecule has 1 N–H and O–H groups in total. The van der Waals surface area contributed by atoms with Crippen molar-refractivity contribution in [2.75, 3.05) is 19.0 Å². The van der Waals surface area contributed by atoms with E-state index in [0.29, 0.717) is 17.9 Å². The molecule has 0 aliphatic heterocycles. The van der Waals surface area contributed by atoms with Crippen molar-refractivity contribution >= 4 is 11.7 Å². The number of rotatable bonds is 7. The molecule has 6 heteroatoms. The molecule has 2 heterocycles. The summed E-state index contributed by atoms with van der Waals surface area (Å²) in [6.45, 7) is 0. The molecule has 2 aromatic heterocycles. The first-order valence-corrected chi connectivity index (χ1v) is 9.91. The largest absolute Gasteiger partial charge is 0.363 e. The van der Waals surface area contributed by atoms with Gasteiger partial charge >= 0.3 is 0 Å². The number of pyridine rings is 1. The Balaban J connectivity index is 1.63. The van der Waals surface area contributed by atoms with Gasteiger partial charge in [-0.2, -0.15) is 0 Å². The zero-order chi connectivity index (χ0) is 20.2. The number of benzene rings is 1. The summed E-state index contributed by atoms with van der Waals surface area (Å²) >= 11 is 0. The van der Waals surface area contributed by atoms with Crippen LogP contribution in [0.4, 0.5) is 5.82 Å². The summed E-state index contributed by atoms with van der Waals surface area (Å²) in [6.07, 6.45) is 6.16. The van der Waals surface area contributed by atoms with Crippen LogP contribution in [0.2, 0.25) is 0 Å². The number of hydrogen-bond acceptors (Lipinski definition) is 5. The van der Waals surface area contributed by atoms with Gasteiger partial charge in [-0.25, -0.2) is 9.97 Å². The average Bonchev–Trinajstić information content (AvgIpc) is 3.60. The van der Waals surface area contributed by atoms with Gasteiger partial charge in [-0.3, -0.25) is 9.78 Å². The Morgan fingerprint density at radius 1 is 1.10 bits per heavy atom. The zero-order valence-corrected chi connectivity index (χ0v) is 16.7. The van der Waals surface area contributed by atoms with Crippen molar-refractivity contribution in [1.82, 2.24) is 20.3 Å². The topological polar surface area (TPSA) is 71.0 Å². The van der Waals surface area contributed by atoms with Crippen LogP contribution in [-0.2, 0) is 6.42 Å². The maximum absolute atomic E-state index is 12.8. The third-order valence-corrected chi connectivity index (χ3v) is 5.05. The number of aromatic nitrogens is 3. The van der Waals surface area contributed by atoms with Crippen molar-refractivity contribution in [2.45, 2.75) is 31.2 Å². The highest BCUT2D eigenvalue weighted by Gasteiger charge is 2.28. The highest BCUT2D eigenvalue weighted by atomic mass is 16.1. The minimum Gasteiger partial charge on any atom is -0.363 e. The fourth-order valence-corrected chi connectivity index (χ4v) is 3.25. The number of anilines is 1. The first kappa shape index (κ1) is 19.1. The molecule has 0 radical (unpaired) electrons. The van der Waals surface area contributed by atoms with Gasteiger partial charge < -0.3 is 10.2 Å². The summed E-state index contributed by atoms with van der Waals surface area (Å²) in [5.74, 6) is 2.17. The van der Waals surface area contributed by atoms with Crippen molar-refractivity contribution in [3.05, 3.63) is 83.6 Å². The van der Waals surface area contributed by atoms with Crippen LogP contribution in [0.3, 0.4) is 0 Å². The number of carbonyl (C=O) groups excluding carboxylic acids is 1. The number of nitrogens with zero attached hydrogens (tertiary/aromatic N) is 4. The molecule has 6 nitrogen and oxygen atoms in total. The van der Waals surface area contributed by atoms with Gasteiger partial charge in [-0.1, -0.05) is 30.3 Å². The third kappa shape index (κ3) is 4.77. The molecule has 1 atom stereocenters. The molecule has 0 bridgehead atoms. The average molecular weight is 387 g/mol. The molecule has 0 saturated heterocycles. The van der Waals surface area contributed by atoms with Crippen LogP contribution in [0.1, 0.15) is 52.2 Å². The van der Waals surface area contributed by atoms with Gasteiger partial charge in [-0.05, 0) is 30.5 Å². The third-order valence-electron chi connectivity index (χ3n) is 5.05. The molecule has 3 aromatic rings. The van der Waals surface area contributed by atoms with Crippen LogP contribution in [0, 0.1) is 0 Å². The van der Waals surface area contributed by atoms with Crippen molar-refractivity contribution in [1.29, 1.82) is 0 Å². The molecule has 1 aliphatic carbocycles. The lowest BCUT2D eigenvalue weighted by Crippen LogP contribution is -2.30. The van der Waals surface area contributed by atoms with Gasteiger partial charge in [0.05, 0.1) is 6.04 Å². The van der Waals surface area contributed by atoms with E-state index in [2.05, 4.69) is 10.3 Å². The standard InChI is InChI=1S/C23H25N5O/c1-28(2)21-15-19(25-22(27-21)17-8-9-17)14-20(16-6-4-3-5-7-16)26-23(29)18-10-12-24-13-11-18/h3-7,10-13,15,17,20H,8-9,14H2,1-2H3,(H,26,29)/t20-/m0/s1. The van der Waals surface area contributed by atoms with Crippen LogP contribution >= 0.6 is 0 Å². The maximum Gasteiger partial charge on any atom is 0.251 e. The van der Waals surface area contributed by atoms with E-state index in [9.17, 15) is 4.79 Å². The quantitative estimate of drug-likeness (QED) is 0.672. The first-order valence-electron chi connectivity index (χ1n) is 9.91. The minimum absolute atomic E-state index is 0.120. The van der Waals surface area contributed by atoms with Gasteiger partial charge in [-0.15, -0.1) is 0 Å². The molecule has 1 saturated carbocycles. The second kappa shape index (κ2) is 8.39. The minimum atomic E-state index is -0.186. The van der Waals surface area contributed by atoms with E-state index in [1.54, 1.807) is 24.5 Å². The Hall–Kier alpha value is -3.28. The lowest BCUT2D eigenvalue weighted by molar-refractivity contribution is 0.0936. The molecular weight excluding hydrogens is 362 g/mol. The van der Waals surface area contributed by atoms with Crippen molar-refractivity contribution < 1.29 is 4.79 Å². The molecule has 4 rings (SSSR count). The summed E-state index contributed by atoms with van der Waals surface area (Å²) in [7, 11) is 3.98. The Bertz CT molecular complexity index is 951. The monoisotopic (exact) mass is 387 g/mol. The SMILES string of the molecule is CN(C)c1cc(C[C@H](NC(=O)c2ccncc2)c2ccccc2)nc(C2CC2)n1. The molecule has 148 valence electrons. The van der Waals surface area contributed by atoms with E-state index in [1.165, 1.54) is 0 Å². The van der Waals surface area contributed by atoms with E-state index >= 15 is 0 Å². The van der Waals surface area contributed by atoms with Gasteiger partial charge in [0.2, 0.25) is 0 Å². The lowest BCUT2D eigenvalue weighted by atomic mass is 10.0. The predicted octanol–water partition coefficient (Wildman–Crippen LogP) is 3.53. The van der Waals surface area contributed by atoms with Crippen LogP contribution in [0.25, 0.3) is 0 Å². The van der Waals surface area contributed by atoms with E-state index in [0.717, 1.165) is 35.7 Å². The summed E-state index contributed by atoms with van der Waals surface area (Å²) in [5, 5.41) is 3.17. The predicted molar refractivity (Wildman–Crippen MR) is 113 cm³/mol. The summed E-state index contributed by atoms with van der Waals surface area (Å²) < 4.78 is 0. The molecule has 29 heavy (non-hydrogen) atoms. The van der Waals surface area contributed by atoms with Crippen molar-refractivity contribution in [2.24, 2.45) is 0 Å². The Kier molecular flexibility index (Phi) is 5.51. The molecule has 1 fully saturated rings. The van der Waals surface area contributed by atoms with E-state index in [1.807, 2.05) is 55.4 Å². The second-order valence-corrected chi connectivity index (χ2v) is 7.62. The second-order valence-electron chi connectivity index (χ2n) is 7.62. The fourth-order valence-electron chi connectivity index (χ4n) is 3.25. The number of amides is 1. The van der Waals surface area contributed by atoms with Crippen LogP contribution < -0.4 is 10.2 Å². The number of carbonyl (C=O) groups is 1. The highest BCUT2D eigenvalue weighted by Crippen LogP contribution is 2.38. The summed E-state index contributed by atoms with van der Waals surface area (Å²) in [4.78, 5) is 28.3. The van der Waals surface area contributed by atoms with Crippen molar-refractivity contribution in [3.8, 4) is 0 Å². The lowest BCUT2D eigenvalue weighted by Gasteiger charge is -2.21. The fraction of sp³-hybridized carbons (Fsp3) is 0.304. The van der Waals surface area contributed by atoms with E-state index in [-0.39, 0.29) is 11.9 Å². The van der Waals surface area contributed by atoms with Crippen LogP contribution in [0.15, 0.2) is 60.9 Å². The van der Waals surface area contributed by atoms with Gasteiger partial charge in [0, 0.05) is 56.2 Å². The summed E-state index contributed by atoms with van der Waals surface area (Å²) in [5.41, 5.74) is 2.58. The molecule has 1 amide bonds. The normalized spacial score (nSPS) is 14.3. The maximum atomic E-state index is 12.8. The molecule has 1 aromatic carbocycles. The molecule has 0 unspecified atom stereocenters. The van der Waals surface area contributed by atoms with Crippen LogP contribution in [0.5, 0.6) is 0 Å². The number of nitrogens with one attached hydrogen (secondary N) is 1. The molecular formula is C23H25N5O. The van der Waals surface area contributed by atoms with E-state index < -0.39 is 0 Å². The Labute approximate surface area is 171 Å². The Morgan fingerprint density at radius 3 is 2.48 bits per heavy atom. The van der Waals surface area contributed by atoms with Gasteiger partial charge in [0.1, 0.15) is 11.6 Å².